The van der Waals surface area contributed by atoms with Crippen molar-refractivity contribution >= 4 is 23.4 Å². The molecular weight excluding hydrogens is 678 g/mol. The number of hydrogen-bond donors (Lipinski definition) is 3. The summed E-state index contributed by atoms with van der Waals surface area (Å²) < 4.78 is 18.0. The van der Waals surface area contributed by atoms with Crippen molar-refractivity contribution in [1.29, 1.82) is 0 Å². The molecule has 3 fully saturated rings. The van der Waals surface area contributed by atoms with Crippen LogP contribution in [0.25, 0.3) is 0 Å². The number of amides is 1. The van der Waals surface area contributed by atoms with Gasteiger partial charge >= 0.3 is 5.97 Å². The second kappa shape index (κ2) is 18.9. The first-order valence-corrected chi connectivity index (χ1v) is 20.3. The smallest absolute Gasteiger partial charge is 0.329 e. The second-order valence-electron chi connectivity index (χ2n) is 17.0. The van der Waals surface area contributed by atoms with Gasteiger partial charge in [0.05, 0.1) is 24.4 Å². The zero-order valence-corrected chi connectivity index (χ0v) is 33.4. The number of esters is 1. The lowest BCUT2D eigenvalue weighted by molar-refractivity contribution is -0.270. The predicted molar refractivity (Wildman–Crippen MR) is 200 cm³/mol. The van der Waals surface area contributed by atoms with Crippen molar-refractivity contribution in [2.75, 3.05) is 13.7 Å². The first-order valence-electron chi connectivity index (χ1n) is 20.3. The fourth-order valence-corrected chi connectivity index (χ4v) is 9.28. The lowest BCUT2D eigenvalue weighted by Crippen LogP contribution is -2.61. The number of nitrogens with zero attached hydrogens (tertiary/aromatic N) is 1. The molecule has 3 N–H and O–H groups in total. The number of methoxy groups -OCH3 is 1. The van der Waals surface area contributed by atoms with Crippen LogP contribution in [-0.4, -0.2) is 99.7 Å². The first kappa shape index (κ1) is 43.3. The van der Waals surface area contributed by atoms with Gasteiger partial charge in [0.15, 0.2) is 5.78 Å². The summed E-state index contributed by atoms with van der Waals surface area (Å²) in [6, 6.07) is -1.08. The van der Waals surface area contributed by atoms with Gasteiger partial charge in [0.25, 0.3) is 11.7 Å². The maximum Gasteiger partial charge on any atom is 0.329 e. The zero-order chi connectivity index (χ0) is 39.2. The Morgan fingerprint density at radius 3 is 2.36 bits per heavy atom. The number of Topliss-reactive ketones (excluding diaryl/α,β-unsaturated/α-hetero) is 2. The molecule has 2 unspecified atom stereocenters. The molecule has 0 radical (unpaired) electrons. The van der Waals surface area contributed by atoms with Gasteiger partial charge in [-0.25, -0.2) is 4.79 Å². The van der Waals surface area contributed by atoms with Crippen LogP contribution < -0.4 is 0 Å². The van der Waals surface area contributed by atoms with Crippen LogP contribution in [0.3, 0.4) is 0 Å². The van der Waals surface area contributed by atoms with Crippen LogP contribution in [-0.2, 0) is 33.4 Å². The summed E-state index contributed by atoms with van der Waals surface area (Å²) in [5, 5.41) is 33.8. The maximum atomic E-state index is 14.2. The molecule has 4 aliphatic rings. The van der Waals surface area contributed by atoms with E-state index in [1.54, 1.807) is 21.0 Å². The fraction of sp³-hybridized carbons (Fsp3) is 0.810. The second-order valence-corrected chi connectivity index (χ2v) is 17.0. The molecule has 11 heteroatoms. The van der Waals surface area contributed by atoms with Crippen LogP contribution in [0.4, 0.5) is 0 Å². The highest BCUT2D eigenvalue weighted by molar-refractivity contribution is 6.39. The van der Waals surface area contributed by atoms with E-state index in [0.717, 1.165) is 12.8 Å². The Morgan fingerprint density at radius 1 is 0.962 bits per heavy atom. The first-order chi connectivity index (χ1) is 25.0. The van der Waals surface area contributed by atoms with E-state index in [-0.39, 0.29) is 54.9 Å². The molecule has 13 atom stereocenters. The highest BCUT2D eigenvalue weighted by Crippen LogP contribution is 2.39. The minimum absolute atomic E-state index is 0.00821. The maximum absolute atomic E-state index is 14.2. The van der Waals surface area contributed by atoms with Crippen LogP contribution in [0.15, 0.2) is 23.3 Å². The van der Waals surface area contributed by atoms with Crippen molar-refractivity contribution in [3.63, 3.8) is 0 Å². The lowest BCUT2D eigenvalue weighted by atomic mass is 9.80. The summed E-state index contributed by atoms with van der Waals surface area (Å²) in [7, 11) is 1.57. The molecule has 1 saturated carbocycles. The number of aliphatic hydroxyl groups excluding tert-OH is 2. The van der Waals surface area contributed by atoms with Gasteiger partial charge in [-0.05, 0) is 112 Å². The monoisotopic (exact) mass is 745 g/mol. The standard InChI is InChI=1S/C42H67NO10/c1-9-31-20-25(3)18-24(2)19-26(4)36-16-13-28(6)42(50,53-36)39(47)40(48)43-17-11-10-12-32(43)41(49)52-38(29(7)34(45)23-35(31)46)27(5)21-30-14-15-33(44)37(22-30)51-8/h20-21,24-26,28-30,32-34,36-38,44-45,50H,9-19,22-23H2,1-8H3/t24-,25?,26-,28+,29+,30-,32?,33+,34-,36-,37+,38+,42+/m0/s1. The molecule has 11 nitrogen and oxygen atoms in total. The summed E-state index contributed by atoms with van der Waals surface area (Å²) >= 11 is 0. The van der Waals surface area contributed by atoms with E-state index >= 15 is 0 Å². The number of hydrogen-bond acceptors (Lipinski definition) is 10. The van der Waals surface area contributed by atoms with Gasteiger partial charge in [-0.3, -0.25) is 14.4 Å². The fourth-order valence-electron chi connectivity index (χ4n) is 9.28. The third-order valence-corrected chi connectivity index (χ3v) is 12.6. The molecule has 0 aromatic carbocycles. The van der Waals surface area contributed by atoms with Gasteiger partial charge in [0.1, 0.15) is 12.1 Å². The predicted octanol–water partition coefficient (Wildman–Crippen LogP) is 5.47. The number of ketones is 2. The highest BCUT2D eigenvalue weighted by atomic mass is 16.6. The van der Waals surface area contributed by atoms with Crippen LogP contribution in [0.2, 0.25) is 0 Å². The van der Waals surface area contributed by atoms with E-state index in [2.05, 4.69) is 13.8 Å². The van der Waals surface area contributed by atoms with E-state index in [0.29, 0.717) is 62.5 Å². The number of ether oxygens (including phenoxy) is 3. The normalized spacial score (nSPS) is 40.8. The van der Waals surface area contributed by atoms with Crippen LogP contribution >= 0.6 is 0 Å². The quantitative estimate of drug-likeness (QED) is 0.191. The average molecular weight is 746 g/mol. The number of carbonyl (C=O) groups is 4. The van der Waals surface area contributed by atoms with Crippen molar-refractivity contribution < 1.29 is 48.7 Å². The van der Waals surface area contributed by atoms with Crippen LogP contribution in [0.5, 0.6) is 0 Å². The van der Waals surface area contributed by atoms with E-state index in [1.807, 2.05) is 32.9 Å². The molecule has 3 aliphatic heterocycles. The molecule has 0 aromatic rings. The molecule has 0 spiro atoms. The molecular formula is C42H67NO10. The van der Waals surface area contributed by atoms with Crippen LogP contribution in [0, 0.1) is 35.5 Å². The Labute approximate surface area is 316 Å². The van der Waals surface area contributed by atoms with Crippen LogP contribution in [0.1, 0.15) is 126 Å². The minimum atomic E-state index is -2.32. The number of carbonyl (C=O) groups excluding carboxylic acids is 4. The Kier molecular flexibility index (Phi) is 15.5. The summed E-state index contributed by atoms with van der Waals surface area (Å²) in [6.45, 7) is 13.7. The molecule has 2 saturated heterocycles. The van der Waals surface area contributed by atoms with Gasteiger partial charge in [-0.2, -0.15) is 0 Å². The van der Waals surface area contributed by atoms with Gasteiger partial charge in [0, 0.05) is 31.9 Å². The van der Waals surface area contributed by atoms with E-state index in [4.69, 9.17) is 14.2 Å². The molecule has 3 heterocycles. The van der Waals surface area contributed by atoms with Crippen molar-refractivity contribution in [3.8, 4) is 0 Å². The Hall–Kier alpha value is -2.44. The van der Waals surface area contributed by atoms with Gasteiger partial charge in [-0.1, -0.05) is 53.7 Å². The highest BCUT2D eigenvalue weighted by Gasteiger charge is 2.53. The van der Waals surface area contributed by atoms with E-state index < -0.39 is 65.7 Å². The molecule has 2 bridgehead atoms. The number of rotatable bonds is 4. The van der Waals surface area contributed by atoms with Crippen molar-refractivity contribution in [2.45, 2.75) is 168 Å². The lowest BCUT2D eigenvalue weighted by Gasteiger charge is -2.44. The summed E-state index contributed by atoms with van der Waals surface area (Å²) in [4.78, 5) is 57.1. The average Bonchev–Trinajstić information content (AvgIpc) is 3.12. The van der Waals surface area contributed by atoms with Gasteiger partial charge in [-0.15, -0.1) is 0 Å². The molecule has 0 aromatic heterocycles. The largest absolute Gasteiger partial charge is 0.456 e. The summed E-state index contributed by atoms with van der Waals surface area (Å²) in [6.07, 6.45) is 7.01. The molecule has 300 valence electrons. The topological polar surface area (TPSA) is 160 Å². The number of fused-ring (bicyclic) bond motifs is 3. The van der Waals surface area contributed by atoms with Crippen molar-refractivity contribution in [3.05, 3.63) is 23.3 Å². The van der Waals surface area contributed by atoms with E-state index in [1.165, 1.54) is 4.90 Å². The number of piperidine rings is 1. The van der Waals surface area contributed by atoms with Crippen molar-refractivity contribution in [1.82, 2.24) is 4.90 Å². The Balaban J connectivity index is 1.73. The Morgan fingerprint density at radius 2 is 1.68 bits per heavy atom. The number of cyclic esters (lactones) is 1. The number of aliphatic hydroxyl groups is 3. The van der Waals surface area contributed by atoms with Gasteiger partial charge in [0.2, 0.25) is 5.79 Å². The summed E-state index contributed by atoms with van der Waals surface area (Å²) in [5.74, 6) is -6.16. The molecule has 1 amide bonds. The van der Waals surface area contributed by atoms with Crippen molar-refractivity contribution in [2.24, 2.45) is 35.5 Å². The SMILES string of the molecule is CCC1=CC(C)C[C@H](C)C[C@H](C)[C@@H]2CC[C@@H](C)[C@@](O)(O2)C(=O)C(=O)N2CCCCC2C(=O)O[C@H](C(C)=C[C@@H]2CC[C@@H](O)[C@H](OC)C2)[C@H](C)[C@@H](O)CC1=O. The van der Waals surface area contributed by atoms with E-state index in [9.17, 15) is 34.5 Å². The molecule has 1 aliphatic carbocycles. The minimum Gasteiger partial charge on any atom is -0.456 e. The third kappa shape index (κ3) is 10.5. The van der Waals surface area contributed by atoms with Gasteiger partial charge < -0.3 is 34.4 Å². The summed E-state index contributed by atoms with van der Waals surface area (Å²) in [5.41, 5.74) is 1.34. The molecule has 4 rings (SSSR count). The Bertz CT molecular complexity index is 1360. The third-order valence-electron chi connectivity index (χ3n) is 12.6. The molecule has 53 heavy (non-hydrogen) atoms. The zero-order valence-electron chi connectivity index (χ0n) is 33.4. The number of allylic oxidation sites excluding steroid dienone is 3.